The third-order valence-electron chi connectivity index (χ3n) is 3.87. The van der Waals surface area contributed by atoms with Gasteiger partial charge in [-0.2, -0.15) is 0 Å². The van der Waals surface area contributed by atoms with Gasteiger partial charge in [-0.1, -0.05) is 24.1 Å². The zero-order valence-electron chi connectivity index (χ0n) is 12.5. The first-order valence-corrected chi connectivity index (χ1v) is 8.30. The lowest BCUT2D eigenvalue weighted by molar-refractivity contribution is 0.476. The number of aryl methyl sites for hydroxylation is 3. The number of rotatable bonds is 3. The Bertz CT molecular complexity index is 595. The number of hydrogen-bond donors (Lipinski definition) is 1. The lowest BCUT2D eigenvalue weighted by Gasteiger charge is -2.21. The smallest absolute Gasteiger partial charge is 0.123 e. The second-order valence-electron chi connectivity index (χ2n) is 5.71. The molecule has 1 unspecified atom stereocenters. The molecule has 0 saturated heterocycles. The molecule has 1 aliphatic carbocycles. The summed E-state index contributed by atoms with van der Waals surface area (Å²) in [5.41, 5.74) is 5.23. The lowest BCUT2D eigenvalue weighted by atomic mass is 9.98. The lowest BCUT2D eigenvalue weighted by Crippen LogP contribution is -2.23. The molecule has 1 aromatic carbocycles. The Hall–Kier alpha value is -1.19. The van der Waals surface area contributed by atoms with E-state index in [0.717, 1.165) is 13.0 Å². The summed E-state index contributed by atoms with van der Waals surface area (Å²) in [6.45, 7) is 7.53. The predicted molar refractivity (Wildman–Crippen MR) is 86.4 cm³/mol. The molecule has 2 nitrogen and oxygen atoms in total. The van der Waals surface area contributed by atoms with Gasteiger partial charge in [0.2, 0.25) is 0 Å². The van der Waals surface area contributed by atoms with Crippen LogP contribution in [-0.2, 0) is 6.42 Å². The summed E-state index contributed by atoms with van der Waals surface area (Å²) in [5.74, 6) is 0. The minimum Gasteiger partial charge on any atom is -0.309 e. The monoisotopic (exact) mass is 286 g/mol. The van der Waals surface area contributed by atoms with Crippen LogP contribution in [-0.4, -0.2) is 11.5 Å². The van der Waals surface area contributed by atoms with Gasteiger partial charge in [-0.3, -0.25) is 0 Å². The standard InChI is InChI=1S/C17H22N2S/c1-4-18-14-6-5-7-15-16(14)20-17(19-15)13-9-11(2)8-12(3)10-13/h8-10,14,18H,4-7H2,1-3H3. The summed E-state index contributed by atoms with van der Waals surface area (Å²) in [4.78, 5) is 6.38. The van der Waals surface area contributed by atoms with Gasteiger partial charge < -0.3 is 5.32 Å². The maximum absolute atomic E-state index is 4.91. The largest absolute Gasteiger partial charge is 0.309 e. The van der Waals surface area contributed by atoms with Crippen LogP contribution in [0, 0.1) is 13.8 Å². The van der Waals surface area contributed by atoms with Gasteiger partial charge in [-0.15, -0.1) is 11.3 Å². The van der Waals surface area contributed by atoms with Crippen molar-refractivity contribution in [1.82, 2.24) is 10.3 Å². The first-order chi connectivity index (χ1) is 9.67. The zero-order chi connectivity index (χ0) is 14.1. The molecule has 106 valence electrons. The fraction of sp³-hybridized carbons (Fsp3) is 0.471. The van der Waals surface area contributed by atoms with E-state index in [1.54, 1.807) is 0 Å². The van der Waals surface area contributed by atoms with Gasteiger partial charge >= 0.3 is 0 Å². The molecule has 0 aliphatic heterocycles. The number of nitrogens with one attached hydrogen (secondary N) is 1. The third-order valence-corrected chi connectivity index (χ3v) is 5.13. The summed E-state index contributed by atoms with van der Waals surface area (Å²) < 4.78 is 0. The molecular weight excluding hydrogens is 264 g/mol. The van der Waals surface area contributed by atoms with Crippen molar-refractivity contribution in [3.8, 4) is 10.6 Å². The van der Waals surface area contributed by atoms with Crippen molar-refractivity contribution in [3.05, 3.63) is 39.9 Å². The molecule has 3 rings (SSSR count). The van der Waals surface area contributed by atoms with Gasteiger partial charge in [-0.05, 0) is 51.8 Å². The van der Waals surface area contributed by atoms with E-state index in [1.807, 2.05) is 11.3 Å². The molecule has 1 heterocycles. The van der Waals surface area contributed by atoms with E-state index in [1.165, 1.54) is 45.1 Å². The molecule has 0 saturated carbocycles. The second-order valence-corrected chi connectivity index (χ2v) is 6.74. The Kier molecular flexibility index (Phi) is 3.90. The number of thiazole rings is 1. The first kappa shape index (κ1) is 13.8. The molecule has 20 heavy (non-hydrogen) atoms. The van der Waals surface area contributed by atoms with Crippen LogP contribution in [0.5, 0.6) is 0 Å². The predicted octanol–water partition coefficient (Wildman–Crippen LogP) is 4.41. The average Bonchev–Trinajstić information content (AvgIpc) is 2.83. The van der Waals surface area contributed by atoms with Gasteiger partial charge in [0, 0.05) is 16.5 Å². The van der Waals surface area contributed by atoms with Crippen LogP contribution >= 0.6 is 11.3 Å². The van der Waals surface area contributed by atoms with E-state index in [-0.39, 0.29) is 0 Å². The average molecular weight is 286 g/mol. The number of benzene rings is 1. The molecule has 1 aromatic heterocycles. The topological polar surface area (TPSA) is 24.9 Å². The number of hydrogen-bond acceptors (Lipinski definition) is 3. The van der Waals surface area contributed by atoms with Crippen LogP contribution < -0.4 is 5.32 Å². The van der Waals surface area contributed by atoms with E-state index in [0.29, 0.717) is 6.04 Å². The Labute approximate surface area is 125 Å². The van der Waals surface area contributed by atoms with Crippen LogP contribution in [0.25, 0.3) is 10.6 Å². The number of fused-ring (bicyclic) bond motifs is 1. The van der Waals surface area contributed by atoms with Crippen LogP contribution in [0.2, 0.25) is 0 Å². The van der Waals surface area contributed by atoms with Crippen molar-refractivity contribution >= 4 is 11.3 Å². The summed E-state index contributed by atoms with van der Waals surface area (Å²) in [6, 6.07) is 7.23. The maximum atomic E-state index is 4.91. The number of nitrogens with zero attached hydrogens (tertiary/aromatic N) is 1. The molecule has 1 aliphatic rings. The molecule has 3 heteroatoms. The third kappa shape index (κ3) is 2.65. The van der Waals surface area contributed by atoms with Crippen molar-refractivity contribution in [2.75, 3.05) is 6.54 Å². The highest BCUT2D eigenvalue weighted by Crippen LogP contribution is 2.38. The van der Waals surface area contributed by atoms with Crippen LogP contribution in [0.1, 0.15) is 47.5 Å². The Morgan fingerprint density at radius 3 is 2.70 bits per heavy atom. The SMILES string of the molecule is CCNC1CCCc2nc(-c3cc(C)cc(C)c3)sc21. The van der Waals surface area contributed by atoms with Gasteiger partial charge in [0.15, 0.2) is 0 Å². The summed E-state index contributed by atoms with van der Waals surface area (Å²) in [7, 11) is 0. The Balaban J connectivity index is 2.00. The van der Waals surface area contributed by atoms with Crippen LogP contribution in [0.15, 0.2) is 18.2 Å². The van der Waals surface area contributed by atoms with Crippen molar-refractivity contribution in [2.45, 2.75) is 46.1 Å². The van der Waals surface area contributed by atoms with E-state index in [2.05, 4.69) is 44.3 Å². The van der Waals surface area contributed by atoms with Crippen molar-refractivity contribution in [3.63, 3.8) is 0 Å². The van der Waals surface area contributed by atoms with Crippen molar-refractivity contribution in [1.29, 1.82) is 0 Å². The van der Waals surface area contributed by atoms with E-state index in [4.69, 9.17) is 4.98 Å². The Morgan fingerprint density at radius 2 is 2.00 bits per heavy atom. The van der Waals surface area contributed by atoms with Crippen molar-refractivity contribution < 1.29 is 0 Å². The fourth-order valence-corrected chi connectivity index (χ4v) is 4.29. The maximum Gasteiger partial charge on any atom is 0.123 e. The van der Waals surface area contributed by atoms with Gasteiger partial charge in [-0.25, -0.2) is 4.98 Å². The fourth-order valence-electron chi connectivity index (χ4n) is 3.08. The highest BCUT2D eigenvalue weighted by Gasteiger charge is 2.24. The minimum absolute atomic E-state index is 0.515. The molecule has 1 N–H and O–H groups in total. The summed E-state index contributed by atoms with van der Waals surface area (Å²) in [6.07, 6.45) is 3.63. The van der Waals surface area contributed by atoms with Crippen LogP contribution in [0.3, 0.4) is 0 Å². The minimum atomic E-state index is 0.515. The number of aromatic nitrogens is 1. The molecule has 0 bridgehead atoms. The van der Waals surface area contributed by atoms with E-state index < -0.39 is 0 Å². The molecule has 0 amide bonds. The highest BCUT2D eigenvalue weighted by molar-refractivity contribution is 7.15. The Morgan fingerprint density at radius 1 is 1.25 bits per heavy atom. The first-order valence-electron chi connectivity index (χ1n) is 7.49. The van der Waals surface area contributed by atoms with E-state index in [9.17, 15) is 0 Å². The zero-order valence-corrected chi connectivity index (χ0v) is 13.3. The molecule has 0 radical (unpaired) electrons. The molecule has 2 aromatic rings. The van der Waals surface area contributed by atoms with Gasteiger partial charge in [0.25, 0.3) is 0 Å². The molecule has 0 spiro atoms. The van der Waals surface area contributed by atoms with Gasteiger partial charge in [0.05, 0.1) is 5.69 Å². The molecule has 1 atom stereocenters. The highest BCUT2D eigenvalue weighted by atomic mass is 32.1. The van der Waals surface area contributed by atoms with Crippen LogP contribution in [0.4, 0.5) is 0 Å². The van der Waals surface area contributed by atoms with E-state index >= 15 is 0 Å². The quantitative estimate of drug-likeness (QED) is 0.903. The summed E-state index contributed by atoms with van der Waals surface area (Å²) in [5, 5.41) is 4.79. The molecular formula is C17H22N2S. The van der Waals surface area contributed by atoms with Crippen molar-refractivity contribution in [2.24, 2.45) is 0 Å². The second kappa shape index (κ2) is 5.66. The molecule has 0 fully saturated rings. The normalized spacial score (nSPS) is 18.1. The summed E-state index contributed by atoms with van der Waals surface area (Å²) >= 11 is 1.88. The van der Waals surface area contributed by atoms with Gasteiger partial charge in [0.1, 0.15) is 5.01 Å².